The lowest BCUT2D eigenvalue weighted by molar-refractivity contribution is 0.0225. The summed E-state index contributed by atoms with van der Waals surface area (Å²) in [5, 5.41) is 3.33. The van der Waals surface area contributed by atoms with Crippen molar-refractivity contribution in [3.63, 3.8) is 0 Å². The number of nitrogens with one attached hydrogen (secondary N) is 1. The Balaban J connectivity index is 1.68. The van der Waals surface area contributed by atoms with Crippen LogP contribution in [0.4, 0.5) is 9.93 Å². The van der Waals surface area contributed by atoms with Gasteiger partial charge in [0.2, 0.25) is 0 Å². The third kappa shape index (κ3) is 5.75. The lowest BCUT2D eigenvalue weighted by Crippen LogP contribution is -2.39. The second kappa shape index (κ2) is 9.38. The molecular formula is C22H27N3O5S. The first-order valence-corrected chi connectivity index (χ1v) is 10.7. The largest absolute Gasteiger partial charge is 0.493 e. The highest BCUT2D eigenvalue weighted by Crippen LogP contribution is 2.31. The van der Waals surface area contributed by atoms with Crippen LogP contribution in [-0.4, -0.2) is 47.7 Å². The van der Waals surface area contributed by atoms with Gasteiger partial charge in [0.05, 0.1) is 19.3 Å². The lowest BCUT2D eigenvalue weighted by atomic mass is 10.2. The SMILES string of the molecule is C=CCOc1ccc(C(=O)Nc2nc3c(s2)CN(C(=O)OC(C)(C)C)CC3)cc1OC. The summed E-state index contributed by atoms with van der Waals surface area (Å²) < 4.78 is 16.3. The second-order valence-electron chi connectivity index (χ2n) is 7.96. The van der Waals surface area contributed by atoms with Crippen molar-refractivity contribution in [2.45, 2.75) is 39.3 Å². The Morgan fingerprint density at radius 3 is 2.77 bits per heavy atom. The van der Waals surface area contributed by atoms with Crippen LogP contribution in [0.2, 0.25) is 0 Å². The van der Waals surface area contributed by atoms with Crippen molar-refractivity contribution in [3.8, 4) is 11.5 Å². The van der Waals surface area contributed by atoms with E-state index in [2.05, 4.69) is 16.9 Å². The molecular weight excluding hydrogens is 418 g/mol. The van der Waals surface area contributed by atoms with Gasteiger partial charge in [-0.25, -0.2) is 9.78 Å². The molecule has 1 aliphatic rings. The summed E-state index contributed by atoms with van der Waals surface area (Å²) in [6.45, 7) is 10.4. The van der Waals surface area contributed by atoms with E-state index in [1.54, 1.807) is 29.2 Å². The van der Waals surface area contributed by atoms with Gasteiger partial charge in [-0.15, -0.1) is 0 Å². The minimum atomic E-state index is -0.544. The molecule has 8 nitrogen and oxygen atoms in total. The van der Waals surface area contributed by atoms with E-state index in [0.29, 0.717) is 48.3 Å². The molecule has 0 spiro atoms. The van der Waals surface area contributed by atoms with Crippen LogP contribution in [0.15, 0.2) is 30.9 Å². The van der Waals surface area contributed by atoms with Crippen molar-refractivity contribution in [1.82, 2.24) is 9.88 Å². The van der Waals surface area contributed by atoms with Crippen LogP contribution < -0.4 is 14.8 Å². The van der Waals surface area contributed by atoms with Crippen LogP contribution in [0.25, 0.3) is 0 Å². The zero-order chi connectivity index (χ0) is 22.6. The van der Waals surface area contributed by atoms with Gasteiger partial charge in [0.1, 0.15) is 12.2 Å². The summed E-state index contributed by atoms with van der Waals surface area (Å²) in [5.41, 5.74) is 0.773. The number of anilines is 1. The smallest absolute Gasteiger partial charge is 0.410 e. The molecule has 0 bridgehead atoms. The highest BCUT2D eigenvalue weighted by atomic mass is 32.1. The number of rotatable bonds is 6. The molecule has 0 unspecified atom stereocenters. The Morgan fingerprint density at radius 2 is 2.10 bits per heavy atom. The van der Waals surface area contributed by atoms with Crippen molar-refractivity contribution in [2.75, 3.05) is 25.6 Å². The highest BCUT2D eigenvalue weighted by molar-refractivity contribution is 7.15. The maximum atomic E-state index is 12.7. The molecule has 1 aliphatic heterocycles. The summed E-state index contributed by atoms with van der Waals surface area (Å²) in [4.78, 5) is 32.2. The second-order valence-corrected chi connectivity index (χ2v) is 9.04. The Bertz CT molecular complexity index is 980. The molecule has 1 aromatic heterocycles. The van der Waals surface area contributed by atoms with Gasteiger partial charge < -0.3 is 19.1 Å². The Labute approximate surface area is 185 Å². The topological polar surface area (TPSA) is 90.0 Å². The third-order valence-corrected chi connectivity index (χ3v) is 5.38. The van der Waals surface area contributed by atoms with Gasteiger partial charge in [-0.05, 0) is 39.0 Å². The van der Waals surface area contributed by atoms with Gasteiger partial charge in [-0.2, -0.15) is 0 Å². The van der Waals surface area contributed by atoms with Crippen LogP contribution in [0, 0.1) is 0 Å². The van der Waals surface area contributed by atoms with Crippen molar-refractivity contribution in [2.24, 2.45) is 0 Å². The number of fused-ring (bicyclic) bond motifs is 1. The van der Waals surface area contributed by atoms with E-state index in [1.807, 2.05) is 20.8 Å². The molecule has 3 rings (SSSR count). The van der Waals surface area contributed by atoms with Crippen LogP contribution in [0.5, 0.6) is 11.5 Å². The van der Waals surface area contributed by atoms with Gasteiger partial charge in [0.25, 0.3) is 5.91 Å². The Morgan fingerprint density at radius 1 is 1.32 bits per heavy atom. The van der Waals surface area contributed by atoms with Gasteiger partial charge >= 0.3 is 6.09 Å². The summed E-state index contributed by atoms with van der Waals surface area (Å²) in [6, 6.07) is 4.96. The summed E-state index contributed by atoms with van der Waals surface area (Å²) in [5.74, 6) is 0.690. The Hall–Kier alpha value is -3.07. The fourth-order valence-corrected chi connectivity index (χ4v) is 4.00. The minimum absolute atomic E-state index is 0.302. The van der Waals surface area contributed by atoms with E-state index < -0.39 is 5.60 Å². The quantitative estimate of drug-likeness (QED) is 0.668. The molecule has 9 heteroatoms. The number of nitrogens with zero attached hydrogens (tertiary/aromatic N) is 2. The fourth-order valence-electron chi connectivity index (χ4n) is 2.98. The standard InChI is InChI=1S/C22H27N3O5S/c1-6-11-29-16-8-7-14(12-17(16)28-5)19(26)24-20-23-15-9-10-25(13-18(15)31-20)21(27)30-22(2,3)4/h6-8,12H,1,9-11,13H2,2-5H3,(H,23,24,26). The van der Waals surface area contributed by atoms with Crippen LogP contribution in [-0.2, 0) is 17.7 Å². The molecule has 166 valence electrons. The molecule has 31 heavy (non-hydrogen) atoms. The number of carbonyl (C=O) groups is 2. The number of amides is 2. The minimum Gasteiger partial charge on any atom is -0.493 e. The van der Waals surface area contributed by atoms with Crippen LogP contribution in [0.1, 0.15) is 41.7 Å². The average molecular weight is 446 g/mol. The number of methoxy groups -OCH3 is 1. The molecule has 2 aromatic rings. The molecule has 0 radical (unpaired) electrons. The molecule has 0 saturated heterocycles. The van der Waals surface area contributed by atoms with Gasteiger partial charge in [0.15, 0.2) is 16.6 Å². The fraction of sp³-hybridized carbons (Fsp3) is 0.409. The van der Waals surface area contributed by atoms with Gasteiger partial charge in [0, 0.05) is 23.4 Å². The first kappa shape index (κ1) is 22.6. The monoisotopic (exact) mass is 445 g/mol. The maximum Gasteiger partial charge on any atom is 0.410 e. The average Bonchev–Trinajstić information content (AvgIpc) is 3.12. The normalized spacial score (nSPS) is 13.2. The number of carbonyl (C=O) groups excluding carboxylic acids is 2. The predicted molar refractivity (Wildman–Crippen MR) is 119 cm³/mol. The number of thiazole rings is 1. The number of hydrogen-bond acceptors (Lipinski definition) is 7. The molecule has 1 aromatic carbocycles. The van der Waals surface area contributed by atoms with Gasteiger partial charge in [-0.1, -0.05) is 24.0 Å². The number of aromatic nitrogens is 1. The first-order chi connectivity index (χ1) is 14.7. The van der Waals surface area contributed by atoms with E-state index in [9.17, 15) is 9.59 Å². The van der Waals surface area contributed by atoms with Gasteiger partial charge in [-0.3, -0.25) is 10.1 Å². The predicted octanol–water partition coefficient (Wildman–Crippen LogP) is 4.26. The third-order valence-electron chi connectivity index (χ3n) is 4.39. The zero-order valence-electron chi connectivity index (χ0n) is 18.2. The van der Waals surface area contributed by atoms with Crippen LogP contribution >= 0.6 is 11.3 Å². The van der Waals surface area contributed by atoms with E-state index in [1.165, 1.54) is 18.4 Å². The molecule has 0 atom stereocenters. The zero-order valence-corrected chi connectivity index (χ0v) is 19.0. The number of hydrogen-bond donors (Lipinski definition) is 1. The summed E-state index contributed by atoms with van der Waals surface area (Å²) in [6.07, 6.45) is 1.90. The van der Waals surface area contributed by atoms with Crippen molar-refractivity contribution < 1.29 is 23.8 Å². The molecule has 2 heterocycles. The van der Waals surface area contributed by atoms with E-state index >= 15 is 0 Å². The van der Waals surface area contributed by atoms with E-state index in [0.717, 1.165) is 10.6 Å². The summed E-state index contributed by atoms with van der Waals surface area (Å²) >= 11 is 1.36. The van der Waals surface area contributed by atoms with Crippen molar-refractivity contribution in [3.05, 3.63) is 47.0 Å². The van der Waals surface area contributed by atoms with Crippen LogP contribution in [0.3, 0.4) is 0 Å². The Kier molecular flexibility index (Phi) is 6.84. The van der Waals surface area contributed by atoms with E-state index in [4.69, 9.17) is 14.2 Å². The highest BCUT2D eigenvalue weighted by Gasteiger charge is 2.28. The molecule has 1 N–H and O–H groups in total. The van der Waals surface area contributed by atoms with E-state index in [-0.39, 0.29) is 12.0 Å². The maximum absolute atomic E-state index is 12.7. The number of ether oxygens (including phenoxy) is 3. The molecule has 2 amide bonds. The first-order valence-electron chi connectivity index (χ1n) is 9.89. The van der Waals surface area contributed by atoms with Crippen molar-refractivity contribution in [1.29, 1.82) is 0 Å². The lowest BCUT2D eigenvalue weighted by Gasteiger charge is -2.29. The molecule has 0 fully saturated rings. The number of benzene rings is 1. The van der Waals surface area contributed by atoms with Crippen molar-refractivity contribution >= 4 is 28.5 Å². The molecule has 0 saturated carbocycles. The summed E-state index contributed by atoms with van der Waals surface area (Å²) in [7, 11) is 1.52. The molecule has 0 aliphatic carbocycles.